The molecule has 0 aromatic rings. The van der Waals surface area contributed by atoms with Gasteiger partial charge in [-0.1, -0.05) is 401 Å². The lowest BCUT2D eigenvalue weighted by Crippen LogP contribution is -2.30. The van der Waals surface area contributed by atoms with Crippen LogP contribution < -0.4 is 0 Å². The summed E-state index contributed by atoms with van der Waals surface area (Å²) in [5, 5.41) is 10.7. The number of aliphatic hydroxyl groups excluding tert-OH is 1. The van der Waals surface area contributed by atoms with Crippen LogP contribution in [0.25, 0.3) is 0 Å². The van der Waals surface area contributed by atoms with Crippen molar-refractivity contribution < 1.29 is 80.2 Å². The number of carbonyl (C=O) groups excluding carboxylic acids is 4. The van der Waals surface area contributed by atoms with Crippen LogP contribution in [0.15, 0.2) is 0 Å². The molecule has 0 aliphatic heterocycles. The molecule has 0 aromatic carbocycles. The summed E-state index contributed by atoms with van der Waals surface area (Å²) in [6.07, 6.45) is 68.0. The molecule has 0 fully saturated rings. The first-order valence-corrected chi connectivity index (χ1v) is 47.0. The van der Waals surface area contributed by atoms with Gasteiger partial charge in [-0.15, -0.1) is 0 Å². The highest BCUT2D eigenvalue weighted by molar-refractivity contribution is 7.47. The lowest BCUT2D eigenvalue weighted by Gasteiger charge is -2.21. The van der Waals surface area contributed by atoms with Gasteiger partial charge in [0.25, 0.3) is 0 Å². The standard InChI is InChI=1S/C85H166O17P2/c1-7-10-12-14-16-18-20-21-22-23-24-25-26-27-28-31-35-38-45-51-57-63-69-84(89)101-81(74-96-83(88)68-62-56-50-44-37-34-32-29-30-33-36-41-47-53-59-65-77(4)5)76-100-104(93,94)98-72-79(86)71-97-103(91,92)99-75-80(73-95-82(87)67-61-55-49-43-19-17-15-13-11-8-2)102-85(90)70-64-58-52-46-40-39-42-48-54-60-66-78(6)9-3/h77-81,86H,7-76H2,1-6H3,(H,91,92)(H,93,94)/t78?,79-,80+,81+/m0/s1. The van der Waals surface area contributed by atoms with Crippen LogP contribution in [-0.4, -0.2) is 96.7 Å². The van der Waals surface area contributed by atoms with Crippen molar-refractivity contribution in [3.05, 3.63) is 0 Å². The van der Waals surface area contributed by atoms with Gasteiger partial charge in [0.05, 0.1) is 26.4 Å². The van der Waals surface area contributed by atoms with Gasteiger partial charge in [0.2, 0.25) is 0 Å². The maximum Gasteiger partial charge on any atom is 0.472 e. The molecule has 618 valence electrons. The molecule has 0 radical (unpaired) electrons. The Morgan fingerprint density at radius 1 is 0.279 bits per heavy atom. The van der Waals surface area contributed by atoms with Crippen LogP contribution in [0.5, 0.6) is 0 Å². The highest BCUT2D eigenvalue weighted by atomic mass is 31.2. The fourth-order valence-corrected chi connectivity index (χ4v) is 14.8. The molecule has 0 aliphatic rings. The first-order chi connectivity index (χ1) is 50.4. The SMILES string of the molecule is CCCCCCCCCCCCCCCCCCCCCCCCC(=O)O[C@H](COC(=O)CCCCCCCCCCCCCCCCCC(C)C)COP(=O)(O)OC[C@@H](O)COP(=O)(O)OC[C@@H](COC(=O)CCCCCCCCCCCC)OC(=O)CCCCCCCCCCCCC(C)CC. The molecule has 0 aliphatic carbocycles. The summed E-state index contributed by atoms with van der Waals surface area (Å²) in [5.74, 6) is -0.495. The van der Waals surface area contributed by atoms with Crippen LogP contribution in [0.2, 0.25) is 0 Å². The average Bonchev–Trinajstić information content (AvgIpc) is 1.41. The van der Waals surface area contributed by atoms with E-state index >= 15 is 0 Å². The molecule has 3 unspecified atom stereocenters. The van der Waals surface area contributed by atoms with Crippen molar-refractivity contribution in [3.63, 3.8) is 0 Å². The second kappa shape index (κ2) is 76.4. The fourth-order valence-electron chi connectivity index (χ4n) is 13.2. The van der Waals surface area contributed by atoms with E-state index in [-0.39, 0.29) is 25.7 Å². The molecule has 19 heteroatoms. The summed E-state index contributed by atoms with van der Waals surface area (Å²) in [4.78, 5) is 73.1. The van der Waals surface area contributed by atoms with Crippen LogP contribution in [0, 0.1) is 11.8 Å². The van der Waals surface area contributed by atoms with Crippen LogP contribution in [0.4, 0.5) is 0 Å². The van der Waals surface area contributed by atoms with Gasteiger partial charge in [-0.2, -0.15) is 0 Å². The summed E-state index contributed by atoms with van der Waals surface area (Å²) in [6.45, 7) is 9.70. The Balaban J connectivity index is 5.22. The van der Waals surface area contributed by atoms with E-state index in [0.29, 0.717) is 25.7 Å². The van der Waals surface area contributed by atoms with E-state index in [1.54, 1.807) is 0 Å². The minimum absolute atomic E-state index is 0.107. The van der Waals surface area contributed by atoms with Crippen LogP contribution in [0.1, 0.15) is 452 Å². The summed E-state index contributed by atoms with van der Waals surface area (Å²) in [6, 6.07) is 0. The third kappa shape index (κ3) is 76.8. The monoisotopic (exact) mass is 1520 g/mol. The molecule has 0 heterocycles. The first-order valence-electron chi connectivity index (χ1n) is 44.0. The average molecular weight is 1520 g/mol. The van der Waals surface area contributed by atoms with Gasteiger partial charge in [0.15, 0.2) is 12.2 Å². The molecule has 0 bridgehead atoms. The number of aliphatic hydroxyl groups is 1. The quantitative estimate of drug-likeness (QED) is 0.0222. The summed E-state index contributed by atoms with van der Waals surface area (Å²) in [5.41, 5.74) is 0. The van der Waals surface area contributed by atoms with Crippen molar-refractivity contribution in [1.82, 2.24) is 0 Å². The highest BCUT2D eigenvalue weighted by Gasteiger charge is 2.30. The van der Waals surface area contributed by atoms with E-state index in [2.05, 4.69) is 41.5 Å². The molecule has 6 atom stereocenters. The molecule has 17 nitrogen and oxygen atoms in total. The Morgan fingerprint density at radius 2 is 0.490 bits per heavy atom. The molecular formula is C85H166O17P2. The zero-order valence-electron chi connectivity index (χ0n) is 68.3. The highest BCUT2D eigenvalue weighted by Crippen LogP contribution is 2.45. The Labute approximate surface area is 638 Å². The molecule has 0 aromatic heterocycles. The molecule has 0 saturated heterocycles. The number of ether oxygens (including phenoxy) is 4. The molecule has 0 spiro atoms. The van der Waals surface area contributed by atoms with Gasteiger partial charge in [0, 0.05) is 25.7 Å². The predicted octanol–water partition coefficient (Wildman–Crippen LogP) is 25.8. The number of esters is 4. The lowest BCUT2D eigenvalue weighted by molar-refractivity contribution is -0.161. The number of unbranched alkanes of at least 4 members (excludes halogenated alkanes) is 53. The Hall–Kier alpha value is -1.94. The third-order valence-electron chi connectivity index (χ3n) is 20.3. The molecule has 104 heavy (non-hydrogen) atoms. The van der Waals surface area contributed by atoms with E-state index in [0.717, 1.165) is 102 Å². The van der Waals surface area contributed by atoms with Gasteiger partial charge in [-0.25, -0.2) is 9.13 Å². The third-order valence-corrected chi connectivity index (χ3v) is 22.2. The maximum atomic E-state index is 13.1. The van der Waals surface area contributed by atoms with Gasteiger partial charge in [-0.3, -0.25) is 37.3 Å². The fraction of sp³-hybridized carbons (Fsp3) is 0.953. The zero-order valence-corrected chi connectivity index (χ0v) is 70.1. The Bertz CT molecular complexity index is 2000. The van der Waals surface area contributed by atoms with E-state index in [1.165, 1.54) is 270 Å². The lowest BCUT2D eigenvalue weighted by atomic mass is 9.99. The number of phosphoric ester groups is 2. The van der Waals surface area contributed by atoms with Gasteiger partial charge < -0.3 is 33.8 Å². The van der Waals surface area contributed by atoms with Crippen molar-refractivity contribution >= 4 is 39.5 Å². The number of hydrogen-bond acceptors (Lipinski definition) is 15. The van der Waals surface area contributed by atoms with E-state index in [9.17, 15) is 43.2 Å². The van der Waals surface area contributed by atoms with Crippen LogP contribution in [0.3, 0.4) is 0 Å². The van der Waals surface area contributed by atoms with Crippen molar-refractivity contribution in [2.45, 2.75) is 471 Å². The number of phosphoric acid groups is 2. The number of carbonyl (C=O) groups is 4. The predicted molar refractivity (Wildman–Crippen MR) is 428 cm³/mol. The van der Waals surface area contributed by atoms with Gasteiger partial charge in [-0.05, 0) is 37.5 Å². The minimum Gasteiger partial charge on any atom is -0.462 e. The molecule has 0 rings (SSSR count). The molecule has 3 N–H and O–H groups in total. The van der Waals surface area contributed by atoms with Crippen LogP contribution >= 0.6 is 15.6 Å². The smallest absolute Gasteiger partial charge is 0.462 e. The van der Waals surface area contributed by atoms with E-state index in [1.807, 2.05) is 0 Å². The summed E-state index contributed by atoms with van der Waals surface area (Å²) < 4.78 is 68.8. The normalized spacial score (nSPS) is 14.1. The van der Waals surface area contributed by atoms with Crippen LogP contribution in [-0.2, 0) is 65.4 Å². The van der Waals surface area contributed by atoms with Gasteiger partial charge >= 0.3 is 39.5 Å². The second-order valence-electron chi connectivity index (χ2n) is 31.3. The number of hydrogen-bond donors (Lipinski definition) is 3. The minimum atomic E-state index is -4.96. The maximum absolute atomic E-state index is 13.1. The Kier molecular flexibility index (Phi) is 75.0. The van der Waals surface area contributed by atoms with E-state index in [4.69, 9.17) is 37.0 Å². The summed E-state index contributed by atoms with van der Waals surface area (Å²) >= 11 is 0. The van der Waals surface area contributed by atoms with Gasteiger partial charge in [0.1, 0.15) is 19.3 Å². The number of rotatable bonds is 84. The van der Waals surface area contributed by atoms with E-state index < -0.39 is 97.5 Å². The van der Waals surface area contributed by atoms with Crippen molar-refractivity contribution in [2.75, 3.05) is 39.6 Å². The van der Waals surface area contributed by atoms with Crippen molar-refractivity contribution in [3.8, 4) is 0 Å². The molecule has 0 saturated carbocycles. The van der Waals surface area contributed by atoms with Crippen molar-refractivity contribution in [2.24, 2.45) is 11.8 Å². The second-order valence-corrected chi connectivity index (χ2v) is 34.2. The topological polar surface area (TPSA) is 237 Å². The first kappa shape index (κ1) is 102. The molecule has 0 amide bonds. The molecular weight excluding hydrogens is 1350 g/mol. The zero-order chi connectivity index (χ0) is 76.4. The Morgan fingerprint density at radius 3 is 0.731 bits per heavy atom. The van der Waals surface area contributed by atoms with Crippen molar-refractivity contribution in [1.29, 1.82) is 0 Å². The summed E-state index contributed by atoms with van der Waals surface area (Å²) in [7, 11) is -9.92. The largest absolute Gasteiger partial charge is 0.472 e.